The number of hydrogen-bond acceptors (Lipinski definition) is 0. The average Bonchev–Trinajstić information content (AvgIpc) is 2.01. The second kappa shape index (κ2) is 6.93. The normalized spacial score (nSPS) is 13.8. The zero-order chi connectivity index (χ0) is 9.40. The van der Waals surface area contributed by atoms with Crippen LogP contribution in [0.25, 0.3) is 0 Å². The molecule has 0 aliphatic heterocycles. The van der Waals surface area contributed by atoms with Gasteiger partial charge in [-0.1, -0.05) is 49.1 Å². The van der Waals surface area contributed by atoms with Crippen LogP contribution in [0.15, 0.2) is 49.1 Å². The van der Waals surface area contributed by atoms with E-state index >= 15 is 0 Å². The molecule has 0 fully saturated rings. The van der Waals surface area contributed by atoms with E-state index < -0.39 is 0 Å². The largest absolute Gasteiger partial charge is 0.119 e. The summed E-state index contributed by atoms with van der Waals surface area (Å²) in [4.78, 5) is 0. The molecule has 0 heterocycles. The third-order valence-corrected chi connectivity index (χ3v) is 1.39. The van der Waals surface area contributed by atoms with Crippen LogP contribution in [0.5, 0.6) is 0 Å². The molecule has 0 rings (SSSR count). The van der Waals surface area contributed by atoms with Gasteiger partial charge in [-0.15, -0.1) is 11.6 Å². The van der Waals surface area contributed by atoms with Crippen molar-refractivity contribution in [1.29, 1.82) is 0 Å². The van der Waals surface area contributed by atoms with E-state index in [2.05, 4.69) is 13.2 Å². The fraction of sp³-hybridized carbons (Fsp3) is 0.273. The van der Waals surface area contributed by atoms with Crippen LogP contribution in [-0.4, -0.2) is 5.38 Å². The third-order valence-electron chi connectivity index (χ3n) is 1.25. The Morgan fingerprint density at radius 3 is 2.75 bits per heavy atom. The van der Waals surface area contributed by atoms with E-state index in [1.165, 1.54) is 0 Å². The van der Waals surface area contributed by atoms with Gasteiger partial charge in [-0.25, -0.2) is 0 Å². The van der Waals surface area contributed by atoms with Gasteiger partial charge in [-0.2, -0.15) is 0 Å². The Morgan fingerprint density at radius 2 is 2.25 bits per heavy atom. The van der Waals surface area contributed by atoms with Crippen molar-refractivity contribution in [2.45, 2.75) is 18.7 Å². The number of halogens is 1. The lowest BCUT2D eigenvalue weighted by Crippen LogP contribution is -1.81. The molecule has 0 N–H and O–H groups in total. The van der Waals surface area contributed by atoms with Gasteiger partial charge in [0.2, 0.25) is 0 Å². The summed E-state index contributed by atoms with van der Waals surface area (Å²) in [6, 6.07) is 0. The summed E-state index contributed by atoms with van der Waals surface area (Å²) in [5.41, 5.74) is 1.06. The first-order chi connectivity index (χ1) is 5.66. The maximum Gasteiger partial charge on any atom is 0.0490 e. The van der Waals surface area contributed by atoms with E-state index in [0.717, 1.165) is 12.0 Å². The van der Waals surface area contributed by atoms with Crippen molar-refractivity contribution in [1.82, 2.24) is 0 Å². The smallest absolute Gasteiger partial charge is 0.0490 e. The Labute approximate surface area is 79.9 Å². The molecule has 0 aromatic rings. The Morgan fingerprint density at radius 1 is 1.58 bits per heavy atom. The second-order valence-corrected chi connectivity index (χ2v) is 3.25. The first kappa shape index (κ1) is 11.2. The Hall–Kier alpha value is -0.750. The van der Waals surface area contributed by atoms with Crippen LogP contribution < -0.4 is 0 Å². The van der Waals surface area contributed by atoms with Gasteiger partial charge >= 0.3 is 0 Å². The van der Waals surface area contributed by atoms with Crippen LogP contribution in [0.1, 0.15) is 13.3 Å². The molecule has 0 bridgehead atoms. The minimum absolute atomic E-state index is 0.0742. The lowest BCUT2D eigenvalue weighted by atomic mass is 10.2. The van der Waals surface area contributed by atoms with Gasteiger partial charge in [0.25, 0.3) is 0 Å². The van der Waals surface area contributed by atoms with Crippen LogP contribution in [0.2, 0.25) is 0 Å². The van der Waals surface area contributed by atoms with Crippen LogP contribution >= 0.6 is 11.6 Å². The summed E-state index contributed by atoms with van der Waals surface area (Å²) in [5.74, 6) is 0. The molecular formula is C11H15Cl. The average molecular weight is 183 g/mol. The maximum absolute atomic E-state index is 5.72. The number of alkyl halides is 1. The van der Waals surface area contributed by atoms with Crippen LogP contribution in [-0.2, 0) is 0 Å². The molecule has 66 valence electrons. The minimum Gasteiger partial charge on any atom is -0.119 e. The Kier molecular flexibility index (Phi) is 6.50. The molecule has 1 atom stereocenters. The van der Waals surface area contributed by atoms with E-state index in [9.17, 15) is 0 Å². The van der Waals surface area contributed by atoms with E-state index in [-0.39, 0.29) is 5.38 Å². The Balaban J connectivity index is 3.74. The molecule has 0 aromatic heterocycles. The molecule has 0 nitrogen and oxygen atoms in total. The van der Waals surface area contributed by atoms with Crippen molar-refractivity contribution in [3.63, 3.8) is 0 Å². The summed E-state index contributed by atoms with van der Waals surface area (Å²) in [6.07, 6.45) is 10.4. The zero-order valence-electron chi connectivity index (χ0n) is 7.46. The SMILES string of the molecule is C=C/C=C/CC(=C)/C=C/C(C)Cl. The molecule has 0 aliphatic carbocycles. The predicted molar refractivity (Wildman–Crippen MR) is 57.5 cm³/mol. The van der Waals surface area contributed by atoms with Crippen molar-refractivity contribution < 1.29 is 0 Å². The van der Waals surface area contributed by atoms with Gasteiger partial charge in [-0.05, 0) is 13.3 Å². The highest BCUT2D eigenvalue weighted by atomic mass is 35.5. The van der Waals surface area contributed by atoms with E-state index in [4.69, 9.17) is 11.6 Å². The van der Waals surface area contributed by atoms with E-state index in [1.54, 1.807) is 6.08 Å². The first-order valence-electron chi connectivity index (χ1n) is 3.94. The molecule has 1 heteroatoms. The fourth-order valence-electron chi connectivity index (χ4n) is 0.652. The monoisotopic (exact) mass is 182 g/mol. The second-order valence-electron chi connectivity index (χ2n) is 2.56. The highest BCUT2D eigenvalue weighted by molar-refractivity contribution is 6.21. The number of hydrogen-bond donors (Lipinski definition) is 0. The summed E-state index contributed by atoms with van der Waals surface area (Å²) in [5, 5.41) is 0.0742. The molecular weight excluding hydrogens is 168 g/mol. The molecule has 0 radical (unpaired) electrons. The molecule has 0 saturated carbocycles. The number of allylic oxidation sites excluding steroid dienone is 6. The van der Waals surface area contributed by atoms with Crippen molar-refractivity contribution >= 4 is 11.6 Å². The topological polar surface area (TPSA) is 0 Å². The zero-order valence-corrected chi connectivity index (χ0v) is 8.22. The quantitative estimate of drug-likeness (QED) is 0.448. The molecule has 0 saturated heterocycles. The van der Waals surface area contributed by atoms with Crippen molar-refractivity contribution in [3.8, 4) is 0 Å². The summed E-state index contributed by atoms with van der Waals surface area (Å²) in [6.45, 7) is 9.37. The van der Waals surface area contributed by atoms with E-state index in [1.807, 2.05) is 31.2 Å². The highest BCUT2D eigenvalue weighted by Gasteiger charge is 1.87. The van der Waals surface area contributed by atoms with Gasteiger partial charge in [-0.3, -0.25) is 0 Å². The molecule has 12 heavy (non-hydrogen) atoms. The highest BCUT2D eigenvalue weighted by Crippen LogP contribution is 2.04. The Bertz CT molecular complexity index is 197. The molecule has 0 spiro atoms. The minimum atomic E-state index is 0.0742. The summed E-state index contributed by atoms with van der Waals surface area (Å²) >= 11 is 5.72. The van der Waals surface area contributed by atoms with E-state index in [0.29, 0.717) is 0 Å². The predicted octanol–water partition coefficient (Wildman–Crippen LogP) is 3.86. The summed E-state index contributed by atoms with van der Waals surface area (Å²) < 4.78 is 0. The van der Waals surface area contributed by atoms with Gasteiger partial charge in [0, 0.05) is 5.38 Å². The van der Waals surface area contributed by atoms with Gasteiger partial charge < -0.3 is 0 Å². The number of rotatable bonds is 5. The lowest BCUT2D eigenvalue weighted by molar-refractivity contribution is 1.21. The third kappa shape index (κ3) is 7.36. The van der Waals surface area contributed by atoms with Crippen LogP contribution in [0.4, 0.5) is 0 Å². The maximum atomic E-state index is 5.72. The van der Waals surface area contributed by atoms with Crippen molar-refractivity contribution in [3.05, 3.63) is 49.1 Å². The standard InChI is InChI=1S/C11H15Cl/c1-4-5-6-7-10(2)8-9-11(3)12/h4-6,8-9,11H,1-2,7H2,3H3/b6-5+,9-8+. The molecule has 0 aromatic carbocycles. The van der Waals surface area contributed by atoms with Crippen LogP contribution in [0, 0.1) is 0 Å². The van der Waals surface area contributed by atoms with Gasteiger partial charge in [0.15, 0.2) is 0 Å². The molecule has 0 amide bonds. The van der Waals surface area contributed by atoms with Crippen LogP contribution in [0.3, 0.4) is 0 Å². The lowest BCUT2D eigenvalue weighted by Gasteiger charge is -1.94. The molecule has 0 aliphatic rings. The van der Waals surface area contributed by atoms with Crippen molar-refractivity contribution in [2.24, 2.45) is 0 Å². The molecule has 1 unspecified atom stereocenters. The van der Waals surface area contributed by atoms with Gasteiger partial charge in [0.1, 0.15) is 0 Å². The first-order valence-corrected chi connectivity index (χ1v) is 4.38. The van der Waals surface area contributed by atoms with Crippen molar-refractivity contribution in [2.75, 3.05) is 0 Å². The van der Waals surface area contributed by atoms with Gasteiger partial charge in [0.05, 0.1) is 0 Å². The summed E-state index contributed by atoms with van der Waals surface area (Å²) in [7, 11) is 0. The fourth-order valence-corrected chi connectivity index (χ4v) is 0.725.